The van der Waals surface area contributed by atoms with Gasteiger partial charge < -0.3 is 14.6 Å². The van der Waals surface area contributed by atoms with Crippen LogP contribution in [0, 0.1) is 0 Å². The van der Waals surface area contributed by atoms with E-state index in [0.717, 1.165) is 12.8 Å². The minimum Gasteiger partial charge on any atom is -0.494 e. The Morgan fingerprint density at radius 3 is 2.29 bits per heavy atom. The molecule has 0 spiro atoms. The molecule has 8 heteroatoms. The summed E-state index contributed by atoms with van der Waals surface area (Å²) in [4.78, 5) is 22.6. The lowest BCUT2D eigenvalue weighted by Gasteiger charge is -2.15. The van der Waals surface area contributed by atoms with Crippen molar-refractivity contribution in [3.8, 4) is 5.75 Å². The van der Waals surface area contributed by atoms with Gasteiger partial charge in [0, 0.05) is 0 Å². The van der Waals surface area contributed by atoms with Crippen molar-refractivity contribution < 1.29 is 32.6 Å². The van der Waals surface area contributed by atoms with Gasteiger partial charge in [0.05, 0.1) is 24.5 Å². The maximum absolute atomic E-state index is 12.6. The molecule has 1 atom stereocenters. The number of carbonyl (C=O) groups is 2. The largest absolute Gasteiger partial charge is 0.494 e. The number of carbonyl (C=O) groups excluding carboxylic acids is 1. The molecule has 7 nitrogen and oxygen atoms in total. The van der Waals surface area contributed by atoms with E-state index in [1.54, 1.807) is 0 Å². The molecular formula is C16H22O7S. The summed E-state index contributed by atoms with van der Waals surface area (Å²) >= 11 is 0. The van der Waals surface area contributed by atoms with Crippen LogP contribution in [0.25, 0.3) is 0 Å². The minimum atomic E-state index is -4.17. The highest BCUT2D eigenvalue weighted by atomic mass is 32.2. The van der Waals surface area contributed by atoms with Gasteiger partial charge in [-0.15, -0.1) is 0 Å². The molecule has 1 rings (SSSR count). The van der Waals surface area contributed by atoms with Gasteiger partial charge in [-0.25, -0.2) is 8.42 Å². The number of esters is 1. The third kappa shape index (κ3) is 5.52. The fourth-order valence-electron chi connectivity index (χ4n) is 1.94. The Bertz CT molecular complexity index is 650. The highest BCUT2D eigenvalue weighted by molar-refractivity contribution is 7.92. The van der Waals surface area contributed by atoms with Crippen LogP contribution in [-0.2, 0) is 24.2 Å². The van der Waals surface area contributed by atoms with Crippen LogP contribution in [0.3, 0.4) is 0 Å². The SMILES string of the molecule is CCCCOc1ccc(S(=O)(=O)C(CC(=O)O)C(=O)OCC)cc1. The van der Waals surface area contributed by atoms with Crippen LogP contribution < -0.4 is 4.74 Å². The lowest BCUT2D eigenvalue weighted by atomic mass is 10.3. The van der Waals surface area contributed by atoms with E-state index in [4.69, 9.17) is 14.6 Å². The van der Waals surface area contributed by atoms with Crippen LogP contribution in [0.15, 0.2) is 29.2 Å². The first kappa shape index (κ1) is 20.0. The van der Waals surface area contributed by atoms with Crippen molar-refractivity contribution in [1.82, 2.24) is 0 Å². The maximum Gasteiger partial charge on any atom is 0.325 e. The summed E-state index contributed by atoms with van der Waals surface area (Å²) in [6, 6.07) is 5.55. The van der Waals surface area contributed by atoms with Crippen LogP contribution in [0.2, 0.25) is 0 Å². The van der Waals surface area contributed by atoms with Gasteiger partial charge in [0.25, 0.3) is 0 Å². The van der Waals surface area contributed by atoms with Crippen LogP contribution in [-0.4, -0.2) is 43.9 Å². The molecule has 0 aromatic heterocycles. The number of benzene rings is 1. The molecule has 1 aromatic carbocycles. The second kappa shape index (κ2) is 9.27. The van der Waals surface area contributed by atoms with E-state index in [-0.39, 0.29) is 11.5 Å². The van der Waals surface area contributed by atoms with E-state index >= 15 is 0 Å². The normalized spacial score (nSPS) is 12.4. The molecule has 1 N–H and O–H groups in total. The van der Waals surface area contributed by atoms with E-state index in [1.165, 1.54) is 31.2 Å². The average molecular weight is 358 g/mol. The van der Waals surface area contributed by atoms with Crippen LogP contribution in [0.4, 0.5) is 0 Å². The predicted octanol–water partition coefficient (Wildman–Crippen LogP) is 2.05. The Labute approximate surface area is 141 Å². The number of hydrogen-bond donors (Lipinski definition) is 1. The molecule has 0 fully saturated rings. The molecule has 1 unspecified atom stereocenters. The number of sulfone groups is 1. The Hall–Kier alpha value is -2.09. The van der Waals surface area contributed by atoms with Gasteiger partial charge in [-0.3, -0.25) is 9.59 Å². The van der Waals surface area contributed by atoms with Gasteiger partial charge in [0.2, 0.25) is 0 Å². The molecule has 0 amide bonds. The standard InChI is InChI=1S/C16H22O7S/c1-3-5-10-23-12-6-8-13(9-7-12)24(20,21)14(11-15(17)18)16(19)22-4-2/h6-9,14H,3-5,10-11H2,1-2H3,(H,17,18). The first-order valence-corrected chi connectivity index (χ1v) is 9.22. The minimum absolute atomic E-state index is 0.0331. The predicted molar refractivity (Wildman–Crippen MR) is 86.7 cm³/mol. The van der Waals surface area contributed by atoms with E-state index in [1.807, 2.05) is 6.92 Å². The second-order valence-electron chi connectivity index (χ2n) is 5.06. The lowest BCUT2D eigenvalue weighted by molar-refractivity contribution is -0.146. The van der Waals surface area contributed by atoms with Crippen molar-refractivity contribution in [2.75, 3.05) is 13.2 Å². The highest BCUT2D eigenvalue weighted by Crippen LogP contribution is 2.23. The number of rotatable bonds is 10. The van der Waals surface area contributed by atoms with Gasteiger partial charge >= 0.3 is 11.9 Å². The third-order valence-corrected chi connectivity index (χ3v) is 5.24. The summed E-state index contributed by atoms with van der Waals surface area (Å²) < 4.78 is 35.2. The van der Waals surface area contributed by atoms with Crippen molar-refractivity contribution in [1.29, 1.82) is 0 Å². The molecule has 0 bridgehead atoms. The van der Waals surface area contributed by atoms with Crippen molar-refractivity contribution >= 4 is 21.8 Å². The smallest absolute Gasteiger partial charge is 0.325 e. The molecular weight excluding hydrogens is 336 g/mol. The van der Waals surface area contributed by atoms with Crippen molar-refractivity contribution in [2.24, 2.45) is 0 Å². The summed E-state index contributed by atoms with van der Waals surface area (Å²) in [6.07, 6.45) is 1.00. The van der Waals surface area contributed by atoms with Crippen molar-refractivity contribution in [3.63, 3.8) is 0 Å². The average Bonchev–Trinajstić information content (AvgIpc) is 2.53. The number of hydrogen-bond acceptors (Lipinski definition) is 6. The highest BCUT2D eigenvalue weighted by Gasteiger charge is 2.37. The summed E-state index contributed by atoms with van der Waals surface area (Å²) in [5, 5.41) is 7.11. The topological polar surface area (TPSA) is 107 Å². The zero-order valence-electron chi connectivity index (χ0n) is 13.7. The van der Waals surface area contributed by atoms with Gasteiger partial charge in [-0.1, -0.05) is 13.3 Å². The van der Waals surface area contributed by atoms with E-state index in [9.17, 15) is 18.0 Å². The van der Waals surface area contributed by atoms with E-state index in [0.29, 0.717) is 12.4 Å². The second-order valence-corrected chi connectivity index (χ2v) is 7.19. The molecule has 24 heavy (non-hydrogen) atoms. The van der Waals surface area contributed by atoms with Gasteiger partial charge in [0.1, 0.15) is 5.75 Å². The molecule has 1 aromatic rings. The summed E-state index contributed by atoms with van der Waals surface area (Å²) in [7, 11) is -4.17. The molecule has 0 aliphatic carbocycles. The van der Waals surface area contributed by atoms with E-state index < -0.39 is 33.4 Å². The van der Waals surface area contributed by atoms with Gasteiger partial charge in [-0.05, 0) is 37.6 Å². The van der Waals surface area contributed by atoms with Gasteiger partial charge in [0.15, 0.2) is 15.1 Å². The number of aliphatic carboxylic acids is 1. The molecule has 0 saturated carbocycles. The Kier molecular flexibility index (Phi) is 7.70. The number of carboxylic acids is 1. The molecule has 0 aliphatic rings. The monoisotopic (exact) mass is 358 g/mol. The summed E-state index contributed by atoms with van der Waals surface area (Å²) in [5.74, 6) is -1.95. The molecule has 0 heterocycles. The Morgan fingerprint density at radius 1 is 1.17 bits per heavy atom. The molecule has 0 saturated heterocycles. The van der Waals surface area contributed by atoms with Crippen LogP contribution in [0.1, 0.15) is 33.1 Å². The number of carboxylic acid groups (broad SMARTS) is 1. The molecule has 0 radical (unpaired) electrons. The number of ether oxygens (including phenoxy) is 2. The first-order chi connectivity index (χ1) is 11.3. The van der Waals surface area contributed by atoms with Crippen molar-refractivity contribution in [3.05, 3.63) is 24.3 Å². The Morgan fingerprint density at radius 2 is 1.79 bits per heavy atom. The molecule has 134 valence electrons. The van der Waals surface area contributed by atoms with Crippen molar-refractivity contribution in [2.45, 2.75) is 43.3 Å². The fraction of sp³-hybridized carbons (Fsp3) is 0.500. The Balaban J connectivity index is 3.01. The van der Waals surface area contributed by atoms with E-state index in [2.05, 4.69) is 0 Å². The maximum atomic E-state index is 12.6. The zero-order chi connectivity index (χ0) is 18.2. The summed E-state index contributed by atoms with van der Waals surface area (Å²) in [5.41, 5.74) is 0. The van der Waals surface area contributed by atoms with Gasteiger partial charge in [-0.2, -0.15) is 0 Å². The lowest BCUT2D eigenvalue weighted by Crippen LogP contribution is -2.34. The fourth-order valence-corrected chi connectivity index (χ4v) is 3.47. The number of unbranched alkanes of at least 4 members (excludes halogenated alkanes) is 1. The third-order valence-electron chi connectivity index (χ3n) is 3.20. The zero-order valence-corrected chi connectivity index (χ0v) is 14.5. The summed E-state index contributed by atoms with van der Waals surface area (Å²) in [6.45, 7) is 4.03. The molecule has 0 aliphatic heterocycles. The quantitative estimate of drug-likeness (QED) is 0.504. The first-order valence-electron chi connectivity index (χ1n) is 7.68. The van der Waals surface area contributed by atoms with Crippen LogP contribution >= 0.6 is 0 Å². The van der Waals surface area contributed by atoms with Crippen LogP contribution in [0.5, 0.6) is 5.75 Å².